The average Bonchev–Trinajstić information content (AvgIpc) is 3.34. The normalized spacial score (nSPS) is 19.3. The molecule has 0 amide bonds. The van der Waals surface area contributed by atoms with Gasteiger partial charge in [0.05, 0.1) is 11.3 Å². The van der Waals surface area contributed by atoms with Crippen molar-refractivity contribution in [1.29, 1.82) is 0 Å². The number of aromatic nitrogens is 2. The number of benzene rings is 3. The standard InChI is InChI=1S/C32H33FN2O4SSi/c1-32(2,3)41(24-15-9-5-10-16-24,25-17-11-6-12-18-25)39-21-27-29(33)26(22-40-27)34-20-19-28(36)35(31(34)38)30(37)23-13-7-4-8-14-23/h4-20,26-27,29H,21-22H2,1-3H3/t26-,27-,29+/m0/s1. The quantitative estimate of drug-likeness (QED) is 0.302. The first-order valence-electron chi connectivity index (χ1n) is 13.6. The van der Waals surface area contributed by atoms with Crippen molar-refractivity contribution in [2.45, 2.75) is 43.3 Å². The molecule has 6 nitrogen and oxygen atoms in total. The largest absolute Gasteiger partial charge is 0.406 e. The SMILES string of the molecule is CC(C)(C)[Si](OC[C@@H]1SC[C@H](n2ccc(=O)n(C(=O)c3ccccc3)c2=O)[C@H]1F)(c1ccccc1)c1ccccc1. The Hall–Kier alpha value is -3.53. The summed E-state index contributed by atoms with van der Waals surface area (Å²) in [5.74, 6) is -0.421. The molecule has 41 heavy (non-hydrogen) atoms. The van der Waals surface area contributed by atoms with Crippen LogP contribution in [0.25, 0.3) is 0 Å². The maximum absolute atomic E-state index is 16.1. The molecule has 0 radical (unpaired) electrons. The molecule has 1 fully saturated rings. The van der Waals surface area contributed by atoms with Crippen molar-refractivity contribution in [3.63, 3.8) is 0 Å². The maximum Gasteiger partial charge on any atom is 0.338 e. The Morgan fingerprint density at radius 2 is 1.44 bits per heavy atom. The van der Waals surface area contributed by atoms with Crippen LogP contribution in [0.5, 0.6) is 0 Å². The van der Waals surface area contributed by atoms with Gasteiger partial charge in [-0.15, -0.1) is 0 Å². The van der Waals surface area contributed by atoms with Crippen LogP contribution < -0.4 is 21.6 Å². The third kappa shape index (κ3) is 5.41. The Morgan fingerprint density at radius 1 is 0.902 bits per heavy atom. The predicted molar refractivity (Wildman–Crippen MR) is 165 cm³/mol. The zero-order valence-corrected chi connectivity index (χ0v) is 25.1. The minimum Gasteiger partial charge on any atom is -0.406 e. The molecule has 0 unspecified atom stereocenters. The second-order valence-corrected chi connectivity index (χ2v) is 16.8. The summed E-state index contributed by atoms with van der Waals surface area (Å²) in [6.07, 6.45) is -0.128. The van der Waals surface area contributed by atoms with Crippen LogP contribution in [0.2, 0.25) is 5.04 Å². The summed E-state index contributed by atoms with van der Waals surface area (Å²) in [6.45, 7) is 6.67. The van der Waals surface area contributed by atoms with Crippen molar-refractivity contribution >= 4 is 36.4 Å². The van der Waals surface area contributed by atoms with E-state index in [0.29, 0.717) is 10.3 Å². The topological polar surface area (TPSA) is 70.3 Å². The lowest BCUT2D eigenvalue weighted by Gasteiger charge is -2.43. The Bertz CT molecular complexity index is 1580. The molecule has 1 saturated heterocycles. The van der Waals surface area contributed by atoms with Crippen LogP contribution in [-0.4, -0.2) is 47.1 Å². The van der Waals surface area contributed by atoms with Crippen molar-refractivity contribution in [3.05, 3.63) is 130 Å². The Morgan fingerprint density at radius 3 is 1.98 bits per heavy atom. The van der Waals surface area contributed by atoms with E-state index >= 15 is 4.39 Å². The minimum atomic E-state index is -2.87. The third-order valence-electron chi connectivity index (χ3n) is 7.68. The fraction of sp³-hybridized carbons (Fsp3) is 0.281. The van der Waals surface area contributed by atoms with Gasteiger partial charge in [-0.05, 0) is 27.5 Å². The fourth-order valence-electron chi connectivity index (χ4n) is 5.64. The van der Waals surface area contributed by atoms with E-state index in [9.17, 15) is 14.4 Å². The monoisotopic (exact) mass is 588 g/mol. The van der Waals surface area contributed by atoms with E-state index in [1.165, 1.54) is 34.7 Å². The lowest BCUT2D eigenvalue weighted by molar-refractivity contribution is 0.0945. The van der Waals surface area contributed by atoms with Gasteiger partial charge in [0, 0.05) is 30.2 Å². The average molecular weight is 589 g/mol. The van der Waals surface area contributed by atoms with Gasteiger partial charge < -0.3 is 4.43 Å². The van der Waals surface area contributed by atoms with Gasteiger partial charge >= 0.3 is 5.69 Å². The molecule has 0 aliphatic carbocycles. The first-order chi connectivity index (χ1) is 19.6. The molecule has 4 aromatic rings. The Kier molecular flexibility index (Phi) is 8.31. The summed E-state index contributed by atoms with van der Waals surface area (Å²) in [6, 6.07) is 28.8. The number of halogens is 1. The highest BCUT2D eigenvalue weighted by Crippen LogP contribution is 2.40. The van der Waals surface area contributed by atoms with Crippen molar-refractivity contribution in [1.82, 2.24) is 9.13 Å². The first kappa shape index (κ1) is 29.0. The number of nitrogens with zero attached hydrogens (tertiary/aromatic N) is 2. The van der Waals surface area contributed by atoms with Gasteiger partial charge in [-0.2, -0.15) is 16.3 Å². The van der Waals surface area contributed by atoms with Gasteiger partial charge in [-0.3, -0.25) is 14.2 Å². The second kappa shape index (κ2) is 11.8. The van der Waals surface area contributed by atoms with Crippen LogP contribution in [0.3, 0.4) is 0 Å². The molecule has 0 N–H and O–H groups in total. The summed E-state index contributed by atoms with van der Waals surface area (Å²) in [5.41, 5.74) is -1.38. The van der Waals surface area contributed by atoms with Gasteiger partial charge in [0.25, 0.3) is 19.8 Å². The van der Waals surface area contributed by atoms with Crippen molar-refractivity contribution < 1.29 is 13.6 Å². The zero-order chi connectivity index (χ0) is 29.2. The smallest absolute Gasteiger partial charge is 0.338 e. The second-order valence-electron chi connectivity index (χ2n) is 11.2. The molecule has 3 aromatic carbocycles. The van der Waals surface area contributed by atoms with Crippen molar-refractivity contribution in [3.8, 4) is 0 Å². The molecule has 3 atom stereocenters. The molecule has 0 bridgehead atoms. The highest BCUT2D eigenvalue weighted by atomic mass is 32.2. The summed E-state index contributed by atoms with van der Waals surface area (Å²) in [4.78, 5) is 38.9. The molecule has 5 rings (SSSR count). The number of hydrogen-bond acceptors (Lipinski definition) is 5. The third-order valence-corrected chi connectivity index (χ3v) is 14.0. The van der Waals surface area contributed by atoms with Crippen LogP contribution in [0.15, 0.2) is 113 Å². The Labute approximate surface area is 243 Å². The number of carbonyl (C=O) groups is 1. The predicted octanol–water partition coefficient (Wildman–Crippen LogP) is 4.27. The lowest BCUT2D eigenvalue weighted by Crippen LogP contribution is -2.67. The highest BCUT2D eigenvalue weighted by molar-refractivity contribution is 8.00. The van der Waals surface area contributed by atoms with Crippen LogP contribution in [-0.2, 0) is 4.43 Å². The fourth-order valence-corrected chi connectivity index (χ4v) is 11.7. The van der Waals surface area contributed by atoms with Crippen LogP contribution in [0.4, 0.5) is 4.39 Å². The summed E-state index contributed by atoms with van der Waals surface area (Å²) in [7, 11) is -2.87. The van der Waals surface area contributed by atoms with Gasteiger partial charge in [0.2, 0.25) is 0 Å². The molecule has 1 aliphatic heterocycles. The van der Waals surface area contributed by atoms with Crippen LogP contribution in [0.1, 0.15) is 37.2 Å². The summed E-state index contributed by atoms with van der Waals surface area (Å²) >= 11 is 1.41. The van der Waals surface area contributed by atoms with Crippen molar-refractivity contribution in [2.75, 3.05) is 12.4 Å². The van der Waals surface area contributed by atoms with Crippen LogP contribution in [0, 0.1) is 0 Å². The maximum atomic E-state index is 16.1. The van der Waals surface area contributed by atoms with E-state index in [4.69, 9.17) is 4.43 Å². The number of carbonyl (C=O) groups excluding carboxylic acids is 1. The zero-order valence-electron chi connectivity index (χ0n) is 23.3. The van der Waals surface area contributed by atoms with Crippen LogP contribution >= 0.6 is 11.8 Å². The molecule has 212 valence electrons. The first-order valence-corrected chi connectivity index (χ1v) is 16.6. The van der Waals surface area contributed by atoms with Gasteiger partial charge in [-0.25, -0.2) is 9.18 Å². The minimum absolute atomic E-state index is 0.160. The Balaban J connectivity index is 1.45. The summed E-state index contributed by atoms with van der Waals surface area (Å²) < 4.78 is 24.9. The van der Waals surface area contributed by atoms with E-state index in [2.05, 4.69) is 45.0 Å². The van der Waals surface area contributed by atoms with E-state index in [1.807, 2.05) is 36.4 Å². The molecule has 1 aliphatic rings. The highest BCUT2D eigenvalue weighted by Gasteiger charge is 2.51. The molecule has 2 heterocycles. The number of alkyl halides is 1. The molecular formula is C32H33FN2O4SSi. The molecular weight excluding hydrogens is 556 g/mol. The van der Waals surface area contributed by atoms with Gasteiger partial charge in [-0.1, -0.05) is 99.6 Å². The van der Waals surface area contributed by atoms with Crippen molar-refractivity contribution in [2.24, 2.45) is 0 Å². The molecule has 0 spiro atoms. The summed E-state index contributed by atoms with van der Waals surface area (Å²) in [5, 5.41) is 1.43. The van der Waals surface area contributed by atoms with E-state index in [-0.39, 0.29) is 17.2 Å². The molecule has 9 heteroatoms. The lowest BCUT2D eigenvalue weighted by atomic mass is 10.1. The van der Waals surface area contributed by atoms with E-state index in [0.717, 1.165) is 16.4 Å². The van der Waals surface area contributed by atoms with E-state index < -0.39 is 42.9 Å². The number of rotatable bonds is 7. The van der Waals surface area contributed by atoms with Gasteiger partial charge in [0.1, 0.15) is 6.17 Å². The number of thioether (sulfide) groups is 1. The molecule has 0 saturated carbocycles. The van der Waals surface area contributed by atoms with E-state index in [1.54, 1.807) is 18.2 Å². The molecule has 1 aromatic heterocycles. The number of hydrogen-bond donors (Lipinski definition) is 0. The van der Waals surface area contributed by atoms with Gasteiger partial charge in [0.15, 0.2) is 0 Å².